The van der Waals surface area contributed by atoms with Crippen LogP contribution in [0.15, 0.2) is 30.5 Å². The molecule has 0 bridgehead atoms. The molecule has 9 heteroatoms. The van der Waals surface area contributed by atoms with Crippen LogP contribution in [0.1, 0.15) is 20.8 Å². The van der Waals surface area contributed by atoms with Crippen LogP contribution in [0.3, 0.4) is 0 Å². The van der Waals surface area contributed by atoms with Crippen molar-refractivity contribution in [3.05, 3.63) is 51.8 Å². The lowest BCUT2D eigenvalue weighted by Crippen LogP contribution is -2.17. The monoisotopic (exact) mass is 290 g/mol. The second-order valence-electron chi connectivity index (χ2n) is 4.10. The zero-order chi connectivity index (χ0) is 15.6. The molecule has 1 heterocycles. The highest BCUT2D eigenvalue weighted by Gasteiger charge is 2.25. The first kappa shape index (κ1) is 14.2. The average molecular weight is 290 g/mol. The number of aromatic nitrogens is 2. The lowest BCUT2D eigenvalue weighted by molar-refractivity contribution is -0.385. The smallest absolute Gasteiger partial charge is 0.335 e. The summed E-state index contributed by atoms with van der Waals surface area (Å²) in [6.07, 6.45) is 0.989. The molecular weight excluding hydrogens is 280 g/mol. The van der Waals surface area contributed by atoms with E-state index in [9.17, 15) is 19.7 Å². The van der Waals surface area contributed by atoms with Gasteiger partial charge in [0.1, 0.15) is 6.20 Å². The fourth-order valence-electron chi connectivity index (χ4n) is 1.71. The van der Waals surface area contributed by atoms with Gasteiger partial charge in [0, 0.05) is 12.7 Å². The SMILES string of the molecule is Cn1ncc([N+](=O)[O-])c1C(=O)Nc1ccc(C(=O)O)cc1. The van der Waals surface area contributed by atoms with E-state index in [1.54, 1.807) is 0 Å². The Morgan fingerprint density at radius 2 is 1.95 bits per heavy atom. The first-order valence-electron chi connectivity index (χ1n) is 5.71. The van der Waals surface area contributed by atoms with Crippen LogP contribution in [0.4, 0.5) is 11.4 Å². The van der Waals surface area contributed by atoms with Crippen molar-refractivity contribution in [1.82, 2.24) is 9.78 Å². The highest BCUT2D eigenvalue weighted by atomic mass is 16.6. The minimum atomic E-state index is -1.09. The summed E-state index contributed by atoms with van der Waals surface area (Å²) in [6, 6.07) is 5.41. The Labute approximate surface area is 118 Å². The van der Waals surface area contributed by atoms with Gasteiger partial charge in [-0.25, -0.2) is 4.79 Å². The minimum Gasteiger partial charge on any atom is -0.478 e. The maximum Gasteiger partial charge on any atom is 0.335 e. The van der Waals surface area contributed by atoms with E-state index < -0.39 is 22.5 Å². The molecule has 21 heavy (non-hydrogen) atoms. The number of carboxylic acid groups (broad SMARTS) is 1. The van der Waals surface area contributed by atoms with Gasteiger partial charge in [-0.1, -0.05) is 0 Å². The third kappa shape index (κ3) is 2.86. The molecule has 0 unspecified atom stereocenters. The maximum absolute atomic E-state index is 12.0. The molecule has 2 aromatic rings. The third-order valence-electron chi connectivity index (χ3n) is 2.72. The Balaban J connectivity index is 2.24. The fraction of sp³-hybridized carbons (Fsp3) is 0.0833. The second kappa shape index (κ2) is 5.41. The Bertz CT molecular complexity index is 720. The summed E-state index contributed by atoms with van der Waals surface area (Å²) in [6.45, 7) is 0. The molecule has 0 aliphatic carbocycles. The Morgan fingerprint density at radius 3 is 2.48 bits per heavy atom. The number of aromatic carboxylic acids is 1. The molecule has 1 aromatic heterocycles. The molecule has 0 saturated heterocycles. The normalized spacial score (nSPS) is 10.1. The standard InChI is InChI=1S/C12H10N4O5/c1-15-10(9(6-13-15)16(20)21)11(17)14-8-4-2-7(3-5-8)12(18)19/h2-6H,1H3,(H,14,17)(H,18,19). The van der Waals surface area contributed by atoms with E-state index >= 15 is 0 Å². The number of aryl methyl sites for hydroxylation is 1. The van der Waals surface area contributed by atoms with Crippen LogP contribution in [0.5, 0.6) is 0 Å². The zero-order valence-electron chi connectivity index (χ0n) is 10.8. The molecule has 2 N–H and O–H groups in total. The van der Waals surface area contributed by atoms with Crippen molar-refractivity contribution >= 4 is 23.3 Å². The Hall–Kier alpha value is -3.23. The van der Waals surface area contributed by atoms with Crippen LogP contribution >= 0.6 is 0 Å². The lowest BCUT2D eigenvalue weighted by atomic mass is 10.2. The molecule has 0 atom stereocenters. The molecule has 0 radical (unpaired) electrons. The lowest BCUT2D eigenvalue weighted by Gasteiger charge is -2.05. The third-order valence-corrected chi connectivity index (χ3v) is 2.72. The van der Waals surface area contributed by atoms with Crippen LogP contribution in [-0.2, 0) is 7.05 Å². The Morgan fingerprint density at radius 1 is 1.33 bits per heavy atom. The van der Waals surface area contributed by atoms with Crippen LogP contribution in [0, 0.1) is 10.1 Å². The molecule has 1 amide bonds. The molecule has 0 fully saturated rings. The summed E-state index contributed by atoms with van der Waals surface area (Å²) in [7, 11) is 1.41. The van der Waals surface area contributed by atoms with Crippen molar-refractivity contribution in [2.75, 3.05) is 5.32 Å². The van der Waals surface area contributed by atoms with Gasteiger partial charge in [-0.3, -0.25) is 19.6 Å². The summed E-state index contributed by atoms with van der Waals surface area (Å²) in [4.78, 5) is 32.9. The highest BCUT2D eigenvalue weighted by Crippen LogP contribution is 2.19. The number of hydrogen-bond acceptors (Lipinski definition) is 5. The predicted molar refractivity (Wildman–Crippen MR) is 71.2 cm³/mol. The van der Waals surface area contributed by atoms with Crippen molar-refractivity contribution < 1.29 is 19.6 Å². The number of rotatable bonds is 4. The molecule has 0 aliphatic rings. The summed E-state index contributed by atoms with van der Waals surface area (Å²) >= 11 is 0. The molecule has 0 spiro atoms. The van der Waals surface area contributed by atoms with Crippen LogP contribution in [0.2, 0.25) is 0 Å². The molecule has 108 valence electrons. The number of carbonyl (C=O) groups is 2. The minimum absolute atomic E-state index is 0.0690. The average Bonchev–Trinajstić information content (AvgIpc) is 2.81. The molecule has 1 aromatic carbocycles. The van der Waals surface area contributed by atoms with Gasteiger partial charge in [0.2, 0.25) is 5.69 Å². The number of hydrogen-bond donors (Lipinski definition) is 2. The van der Waals surface area contributed by atoms with E-state index in [-0.39, 0.29) is 11.3 Å². The van der Waals surface area contributed by atoms with Gasteiger partial charge in [-0.15, -0.1) is 0 Å². The van der Waals surface area contributed by atoms with Crippen LogP contribution in [-0.4, -0.2) is 31.7 Å². The highest BCUT2D eigenvalue weighted by molar-refractivity contribution is 6.05. The van der Waals surface area contributed by atoms with Crippen LogP contribution < -0.4 is 5.32 Å². The molecule has 2 rings (SSSR count). The Kier molecular flexibility index (Phi) is 3.65. The first-order chi connectivity index (χ1) is 9.90. The second-order valence-corrected chi connectivity index (χ2v) is 4.10. The number of nitrogens with one attached hydrogen (secondary N) is 1. The van der Waals surface area contributed by atoms with Crippen molar-refractivity contribution in [2.45, 2.75) is 0 Å². The van der Waals surface area contributed by atoms with Crippen LogP contribution in [0.25, 0.3) is 0 Å². The van der Waals surface area contributed by atoms with E-state index in [4.69, 9.17) is 5.11 Å². The van der Waals surface area contributed by atoms with E-state index in [1.165, 1.54) is 31.3 Å². The maximum atomic E-state index is 12.0. The summed E-state index contributed by atoms with van der Waals surface area (Å²) in [5, 5.41) is 25.7. The largest absolute Gasteiger partial charge is 0.478 e. The van der Waals surface area contributed by atoms with Gasteiger partial charge >= 0.3 is 11.7 Å². The predicted octanol–water partition coefficient (Wildman–Crippen LogP) is 1.28. The van der Waals surface area contributed by atoms with Gasteiger partial charge in [-0.05, 0) is 24.3 Å². The van der Waals surface area contributed by atoms with Gasteiger partial charge in [0.15, 0.2) is 0 Å². The fourth-order valence-corrected chi connectivity index (χ4v) is 1.71. The van der Waals surface area contributed by atoms with Crippen molar-refractivity contribution in [3.63, 3.8) is 0 Å². The zero-order valence-corrected chi connectivity index (χ0v) is 10.8. The van der Waals surface area contributed by atoms with Crippen molar-refractivity contribution in [3.8, 4) is 0 Å². The summed E-state index contributed by atoms with van der Waals surface area (Å²) < 4.78 is 1.10. The number of carbonyl (C=O) groups excluding carboxylic acids is 1. The summed E-state index contributed by atoms with van der Waals surface area (Å²) in [5.41, 5.74) is -0.209. The first-order valence-corrected chi connectivity index (χ1v) is 5.71. The van der Waals surface area contributed by atoms with E-state index in [0.717, 1.165) is 10.9 Å². The molecule has 0 saturated carbocycles. The van der Waals surface area contributed by atoms with Crippen molar-refractivity contribution in [1.29, 1.82) is 0 Å². The van der Waals surface area contributed by atoms with Gasteiger partial charge in [-0.2, -0.15) is 5.10 Å². The van der Waals surface area contributed by atoms with Crippen molar-refractivity contribution in [2.24, 2.45) is 7.05 Å². The van der Waals surface area contributed by atoms with E-state index in [2.05, 4.69) is 10.4 Å². The number of benzene rings is 1. The number of carboxylic acids is 1. The number of amides is 1. The van der Waals surface area contributed by atoms with E-state index in [1.807, 2.05) is 0 Å². The van der Waals surface area contributed by atoms with Gasteiger partial charge < -0.3 is 10.4 Å². The number of nitrogens with zero attached hydrogens (tertiary/aromatic N) is 3. The molecule has 9 nitrogen and oxygen atoms in total. The quantitative estimate of drug-likeness (QED) is 0.644. The van der Waals surface area contributed by atoms with E-state index in [0.29, 0.717) is 5.69 Å². The number of anilines is 1. The van der Waals surface area contributed by atoms with Gasteiger partial charge in [0.05, 0.1) is 10.5 Å². The van der Waals surface area contributed by atoms with Gasteiger partial charge in [0.25, 0.3) is 5.91 Å². The number of nitro groups is 1. The molecule has 0 aliphatic heterocycles. The topological polar surface area (TPSA) is 127 Å². The summed E-state index contributed by atoms with van der Waals surface area (Å²) in [5.74, 6) is -1.79. The molecular formula is C12H10N4O5.